The maximum absolute atomic E-state index is 13.1. The lowest BCUT2D eigenvalue weighted by atomic mass is 9.88. The molecule has 5 heteroatoms. The van der Waals surface area contributed by atoms with Gasteiger partial charge >= 0.3 is 0 Å². The summed E-state index contributed by atoms with van der Waals surface area (Å²) in [6.07, 6.45) is 4.63. The van der Waals surface area contributed by atoms with Gasteiger partial charge in [-0.1, -0.05) is 12.1 Å². The zero-order valence-electron chi connectivity index (χ0n) is 13.1. The van der Waals surface area contributed by atoms with Gasteiger partial charge in [-0.15, -0.1) is 0 Å². The largest absolute Gasteiger partial charge is 0.373 e. The zero-order chi connectivity index (χ0) is 15.9. The minimum atomic E-state index is -0.450. The number of benzene rings is 1. The van der Waals surface area contributed by atoms with Gasteiger partial charge in [0, 0.05) is 6.04 Å². The van der Waals surface area contributed by atoms with Crippen LogP contribution in [0.2, 0.25) is 0 Å². The minimum absolute atomic E-state index is 0.0734. The SMILES string of the molecule is O=C(N[C@@H]1CC[C@@H]2OCCO[C@@H]2C1)C1(c2ccc(F)cc2)CC1. The van der Waals surface area contributed by atoms with Crippen LogP contribution in [-0.2, 0) is 19.7 Å². The first kappa shape index (κ1) is 15.1. The van der Waals surface area contributed by atoms with E-state index >= 15 is 0 Å². The van der Waals surface area contributed by atoms with Gasteiger partial charge in [-0.3, -0.25) is 4.79 Å². The molecule has 23 heavy (non-hydrogen) atoms. The smallest absolute Gasteiger partial charge is 0.230 e. The summed E-state index contributed by atoms with van der Waals surface area (Å²) in [5, 5.41) is 3.20. The molecule has 0 aromatic heterocycles. The maximum Gasteiger partial charge on any atom is 0.230 e. The molecule has 0 bridgehead atoms. The fourth-order valence-electron chi connectivity index (χ4n) is 3.86. The first-order chi connectivity index (χ1) is 11.2. The van der Waals surface area contributed by atoms with Gasteiger partial charge in [0.05, 0.1) is 30.8 Å². The van der Waals surface area contributed by atoms with Crippen LogP contribution in [0.1, 0.15) is 37.7 Å². The Labute approximate surface area is 135 Å². The molecule has 0 unspecified atom stereocenters. The second-order valence-electron chi connectivity index (χ2n) is 6.89. The summed E-state index contributed by atoms with van der Waals surface area (Å²) in [4.78, 5) is 12.8. The fraction of sp³-hybridized carbons (Fsp3) is 0.611. The summed E-state index contributed by atoms with van der Waals surface area (Å²) >= 11 is 0. The molecule has 2 saturated carbocycles. The van der Waals surface area contributed by atoms with Crippen molar-refractivity contribution in [3.63, 3.8) is 0 Å². The van der Waals surface area contributed by atoms with E-state index in [9.17, 15) is 9.18 Å². The second kappa shape index (κ2) is 5.87. The quantitative estimate of drug-likeness (QED) is 0.930. The van der Waals surface area contributed by atoms with Crippen LogP contribution in [0.25, 0.3) is 0 Å². The van der Waals surface area contributed by atoms with Crippen LogP contribution < -0.4 is 5.32 Å². The van der Waals surface area contributed by atoms with Gasteiger partial charge in [-0.25, -0.2) is 4.39 Å². The van der Waals surface area contributed by atoms with E-state index in [1.807, 2.05) is 0 Å². The molecule has 1 saturated heterocycles. The van der Waals surface area contributed by atoms with Crippen molar-refractivity contribution in [2.75, 3.05) is 13.2 Å². The summed E-state index contributed by atoms with van der Waals surface area (Å²) in [5.74, 6) is -0.193. The lowest BCUT2D eigenvalue weighted by molar-refractivity contribution is -0.159. The van der Waals surface area contributed by atoms with Gasteiger partial charge in [-0.2, -0.15) is 0 Å². The van der Waals surface area contributed by atoms with Gasteiger partial charge in [0.1, 0.15) is 5.82 Å². The molecule has 1 amide bonds. The zero-order valence-corrected chi connectivity index (χ0v) is 13.1. The van der Waals surface area contributed by atoms with Crippen molar-refractivity contribution >= 4 is 5.91 Å². The molecule has 4 nitrogen and oxygen atoms in total. The van der Waals surface area contributed by atoms with E-state index in [1.54, 1.807) is 12.1 Å². The lowest BCUT2D eigenvalue weighted by Crippen LogP contribution is -2.51. The fourth-order valence-corrected chi connectivity index (χ4v) is 3.86. The van der Waals surface area contributed by atoms with Gasteiger partial charge in [0.25, 0.3) is 0 Å². The second-order valence-corrected chi connectivity index (χ2v) is 6.89. The topological polar surface area (TPSA) is 47.6 Å². The minimum Gasteiger partial charge on any atom is -0.373 e. The molecule has 1 heterocycles. The third-order valence-electron chi connectivity index (χ3n) is 5.40. The standard InChI is InChI=1S/C18H22FNO3/c19-13-3-1-12(2-4-13)18(7-8-18)17(21)20-14-5-6-15-16(11-14)23-10-9-22-15/h1-4,14-16H,5-11H2,(H,20,21)/t14-,15+,16-/m1/s1. The molecular weight excluding hydrogens is 297 g/mol. The summed E-state index contributed by atoms with van der Waals surface area (Å²) in [5.41, 5.74) is 0.469. The number of carbonyl (C=O) groups is 1. The molecule has 3 atom stereocenters. The highest BCUT2D eigenvalue weighted by Crippen LogP contribution is 2.48. The first-order valence-corrected chi connectivity index (χ1v) is 8.48. The van der Waals surface area contributed by atoms with E-state index < -0.39 is 5.41 Å². The van der Waals surface area contributed by atoms with Crippen LogP contribution >= 0.6 is 0 Å². The number of hydrogen-bond acceptors (Lipinski definition) is 3. The Morgan fingerprint density at radius 2 is 1.78 bits per heavy atom. The molecule has 1 aliphatic heterocycles. The van der Waals surface area contributed by atoms with Crippen LogP contribution in [0.4, 0.5) is 4.39 Å². The van der Waals surface area contributed by atoms with Crippen LogP contribution in [-0.4, -0.2) is 37.4 Å². The number of hydrogen-bond donors (Lipinski definition) is 1. The summed E-state index contributed by atoms with van der Waals surface area (Å²) < 4.78 is 24.6. The predicted molar refractivity (Wildman–Crippen MR) is 82.6 cm³/mol. The van der Waals surface area contributed by atoms with Crippen LogP contribution in [0.15, 0.2) is 24.3 Å². The summed E-state index contributed by atoms with van der Waals surface area (Å²) in [7, 11) is 0. The highest BCUT2D eigenvalue weighted by Gasteiger charge is 2.52. The third kappa shape index (κ3) is 2.88. The van der Waals surface area contributed by atoms with Crippen molar-refractivity contribution in [2.24, 2.45) is 0 Å². The highest BCUT2D eigenvalue weighted by atomic mass is 19.1. The lowest BCUT2D eigenvalue weighted by Gasteiger charge is -2.39. The monoisotopic (exact) mass is 319 g/mol. The third-order valence-corrected chi connectivity index (χ3v) is 5.40. The predicted octanol–water partition coefficient (Wildman–Crippen LogP) is 2.31. The molecular formula is C18H22FNO3. The number of amides is 1. The Hall–Kier alpha value is -1.46. The number of halogens is 1. The molecule has 1 aromatic rings. The van der Waals surface area contributed by atoms with E-state index in [1.165, 1.54) is 12.1 Å². The Morgan fingerprint density at radius 1 is 1.09 bits per heavy atom. The molecule has 0 spiro atoms. The number of ether oxygens (including phenoxy) is 2. The van der Waals surface area contributed by atoms with Gasteiger partial charge in [0.15, 0.2) is 0 Å². The van der Waals surface area contributed by atoms with Crippen molar-refractivity contribution in [1.82, 2.24) is 5.32 Å². The Bertz CT molecular complexity index is 584. The Kier molecular flexibility index (Phi) is 3.85. The van der Waals surface area contributed by atoms with Crippen LogP contribution in [0.3, 0.4) is 0 Å². The number of nitrogens with one attached hydrogen (secondary N) is 1. The van der Waals surface area contributed by atoms with E-state index in [2.05, 4.69) is 5.32 Å². The molecule has 1 N–H and O–H groups in total. The van der Waals surface area contributed by atoms with Crippen molar-refractivity contribution in [1.29, 1.82) is 0 Å². The van der Waals surface area contributed by atoms with E-state index in [0.29, 0.717) is 13.2 Å². The molecule has 4 rings (SSSR count). The van der Waals surface area contributed by atoms with Crippen LogP contribution in [0.5, 0.6) is 0 Å². The Balaban J connectivity index is 1.41. The van der Waals surface area contributed by atoms with Gasteiger partial charge in [0.2, 0.25) is 5.91 Å². The first-order valence-electron chi connectivity index (χ1n) is 8.48. The molecule has 0 radical (unpaired) electrons. The number of fused-ring (bicyclic) bond motifs is 1. The van der Waals surface area contributed by atoms with E-state index in [4.69, 9.17) is 9.47 Å². The van der Waals surface area contributed by atoms with Gasteiger partial charge in [-0.05, 0) is 49.8 Å². The van der Waals surface area contributed by atoms with Crippen molar-refractivity contribution in [3.05, 3.63) is 35.6 Å². The average molecular weight is 319 g/mol. The van der Waals surface area contributed by atoms with Crippen molar-refractivity contribution in [2.45, 2.75) is 55.8 Å². The molecule has 2 aliphatic carbocycles. The van der Waals surface area contributed by atoms with Crippen molar-refractivity contribution in [3.8, 4) is 0 Å². The molecule has 3 aliphatic rings. The molecule has 1 aromatic carbocycles. The Morgan fingerprint density at radius 3 is 2.48 bits per heavy atom. The average Bonchev–Trinajstić information content (AvgIpc) is 3.37. The van der Waals surface area contributed by atoms with E-state index in [0.717, 1.165) is 37.7 Å². The van der Waals surface area contributed by atoms with Crippen molar-refractivity contribution < 1.29 is 18.7 Å². The normalized spacial score (nSPS) is 32.0. The molecule has 3 fully saturated rings. The summed E-state index contributed by atoms with van der Waals surface area (Å²) in [6, 6.07) is 6.47. The number of rotatable bonds is 3. The van der Waals surface area contributed by atoms with Crippen LogP contribution in [0, 0.1) is 5.82 Å². The number of carbonyl (C=O) groups excluding carboxylic acids is 1. The molecule has 124 valence electrons. The van der Waals surface area contributed by atoms with Gasteiger partial charge < -0.3 is 14.8 Å². The highest BCUT2D eigenvalue weighted by molar-refractivity contribution is 5.91. The van der Waals surface area contributed by atoms with E-state index in [-0.39, 0.29) is 30.0 Å². The maximum atomic E-state index is 13.1. The summed E-state index contributed by atoms with van der Waals surface area (Å²) in [6.45, 7) is 1.31.